The van der Waals surface area contributed by atoms with Gasteiger partial charge in [0.05, 0.1) is 11.9 Å². The topological polar surface area (TPSA) is 42.0 Å². The van der Waals surface area contributed by atoms with Crippen LogP contribution in [0.2, 0.25) is 0 Å². The van der Waals surface area contributed by atoms with Crippen LogP contribution in [0.25, 0.3) is 10.8 Å². The van der Waals surface area contributed by atoms with Crippen molar-refractivity contribution in [2.24, 2.45) is 0 Å². The summed E-state index contributed by atoms with van der Waals surface area (Å²) in [6, 6.07) is 18.1. The molecule has 0 spiro atoms. The Kier molecular flexibility index (Phi) is 3.92. The highest BCUT2D eigenvalue weighted by molar-refractivity contribution is 5.91. The quantitative estimate of drug-likeness (QED) is 0.787. The lowest BCUT2D eigenvalue weighted by atomic mass is 10.0. The van der Waals surface area contributed by atoms with Gasteiger partial charge in [0.2, 0.25) is 5.91 Å². The number of nitrogens with zero attached hydrogens (tertiary/aromatic N) is 1. The van der Waals surface area contributed by atoms with Crippen molar-refractivity contribution in [1.29, 1.82) is 0 Å². The first kappa shape index (κ1) is 13.3. The largest absolute Gasteiger partial charge is 0.325 e. The van der Waals surface area contributed by atoms with Gasteiger partial charge in [0, 0.05) is 12.6 Å². The molecule has 0 saturated carbocycles. The summed E-state index contributed by atoms with van der Waals surface area (Å²) in [7, 11) is 0. The van der Waals surface area contributed by atoms with Gasteiger partial charge in [-0.15, -0.1) is 0 Å². The highest BCUT2D eigenvalue weighted by Crippen LogP contribution is 2.19. The van der Waals surface area contributed by atoms with Crippen molar-refractivity contribution in [3.63, 3.8) is 0 Å². The SMILES string of the molecule is O=C(CCc1cccc2ccccc12)Nc1cccnc1. The standard InChI is InChI=1S/C18H16N2O/c21-18(20-16-8-4-12-19-13-16)11-10-15-7-3-6-14-5-1-2-9-17(14)15/h1-9,12-13H,10-11H2,(H,20,21). The highest BCUT2D eigenvalue weighted by Gasteiger charge is 2.05. The van der Waals surface area contributed by atoms with E-state index in [1.54, 1.807) is 18.5 Å². The summed E-state index contributed by atoms with van der Waals surface area (Å²) in [6.45, 7) is 0. The number of carbonyl (C=O) groups is 1. The summed E-state index contributed by atoms with van der Waals surface area (Å²) in [5, 5.41) is 5.29. The minimum Gasteiger partial charge on any atom is -0.325 e. The van der Waals surface area contributed by atoms with Crippen LogP contribution in [0.1, 0.15) is 12.0 Å². The molecule has 1 amide bonds. The fourth-order valence-corrected chi connectivity index (χ4v) is 2.42. The van der Waals surface area contributed by atoms with Gasteiger partial charge in [0.1, 0.15) is 0 Å². The summed E-state index contributed by atoms with van der Waals surface area (Å²) < 4.78 is 0. The molecule has 0 radical (unpaired) electrons. The zero-order chi connectivity index (χ0) is 14.5. The van der Waals surface area contributed by atoms with Crippen LogP contribution in [0, 0.1) is 0 Å². The van der Waals surface area contributed by atoms with Crippen LogP contribution in [0.3, 0.4) is 0 Å². The molecule has 1 heterocycles. The number of amides is 1. The Morgan fingerprint density at radius 2 is 1.86 bits per heavy atom. The molecule has 0 unspecified atom stereocenters. The molecule has 3 nitrogen and oxygen atoms in total. The Balaban J connectivity index is 1.68. The molecule has 0 saturated heterocycles. The molecule has 2 aromatic carbocycles. The van der Waals surface area contributed by atoms with Gasteiger partial charge in [-0.25, -0.2) is 0 Å². The van der Waals surface area contributed by atoms with Crippen molar-refractivity contribution in [3.8, 4) is 0 Å². The predicted molar refractivity (Wildman–Crippen MR) is 85.1 cm³/mol. The average molecular weight is 276 g/mol. The van der Waals surface area contributed by atoms with E-state index in [0.717, 1.165) is 12.1 Å². The van der Waals surface area contributed by atoms with Crippen molar-refractivity contribution in [2.45, 2.75) is 12.8 Å². The summed E-state index contributed by atoms with van der Waals surface area (Å²) in [4.78, 5) is 16.0. The van der Waals surface area contributed by atoms with Gasteiger partial charge < -0.3 is 5.32 Å². The second kappa shape index (κ2) is 6.18. The molecule has 0 bridgehead atoms. The molecule has 21 heavy (non-hydrogen) atoms. The number of benzene rings is 2. The van der Waals surface area contributed by atoms with Crippen LogP contribution in [-0.4, -0.2) is 10.9 Å². The highest BCUT2D eigenvalue weighted by atomic mass is 16.1. The van der Waals surface area contributed by atoms with Crippen LogP contribution in [0.15, 0.2) is 67.0 Å². The lowest BCUT2D eigenvalue weighted by Gasteiger charge is -2.07. The minimum atomic E-state index is 0.0101. The van der Waals surface area contributed by atoms with Crippen LogP contribution in [0.4, 0.5) is 5.69 Å². The van der Waals surface area contributed by atoms with Gasteiger partial charge >= 0.3 is 0 Å². The number of hydrogen-bond acceptors (Lipinski definition) is 2. The molecule has 1 aromatic heterocycles. The Hall–Kier alpha value is -2.68. The molecule has 0 aliphatic rings. The zero-order valence-electron chi connectivity index (χ0n) is 11.6. The van der Waals surface area contributed by atoms with E-state index in [9.17, 15) is 4.79 Å². The van der Waals surface area contributed by atoms with E-state index in [1.807, 2.05) is 24.3 Å². The van der Waals surface area contributed by atoms with Crippen molar-refractivity contribution in [2.75, 3.05) is 5.32 Å². The van der Waals surface area contributed by atoms with Gasteiger partial charge in [-0.1, -0.05) is 42.5 Å². The number of hydrogen-bond donors (Lipinski definition) is 1. The number of fused-ring (bicyclic) bond motifs is 1. The van der Waals surface area contributed by atoms with Crippen molar-refractivity contribution < 1.29 is 4.79 Å². The Labute approximate surface area is 123 Å². The van der Waals surface area contributed by atoms with Crippen LogP contribution < -0.4 is 5.32 Å². The third-order valence-corrected chi connectivity index (χ3v) is 3.45. The second-order valence-corrected chi connectivity index (χ2v) is 4.93. The maximum atomic E-state index is 12.0. The van der Waals surface area contributed by atoms with Gasteiger partial charge in [0.25, 0.3) is 0 Å². The van der Waals surface area contributed by atoms with Crippen LogP contribution in [0.5, 0.6) is 0 Å². The Morgan fingerprint density at radius 1 is 1.00 bits per heavy atom. The molecule has 0 aliphatic heterocycles. The smallest absolute Gasteiger partial charge is 0.224 e. The van der Waals surface area contributed by atoms with Gasteiger partial charge in [-0.05, 0) is 34.9 Å². The van der Waals surface area contributed by atoms with Crippen LogP contribution in [-0.2, 0) is 11.2 Å². The Morgan fingerprint density at radius 3 is 2.71 bits per heavy atom. The normalized spacial score (nSPS) is 10.5. The van der Waals surface area contributed by atoms with E-state index in [2.05, 4.69) is 34.6 Å². The number of pyridine rings is 1. The molecule has 3 rings (SSSR count). The molecule has 1 N–H and O–H groups in total. The number of anilines is 1. The molecule has 0 aliphatic carbocycles. The third kappa shape index (κ3) is 3.26. The summed E-state index contributed by atoms with van der Waals surface area (Å²) >= 11 is 0. The van der Waals surface area contributed by atoms with Gasteiger partial charge in [-0.2, -0.15) is 0 Å². The predicted octanol–water partition coefficient (Wildman–Crippen LogP) is 3.81. The van der Waals surface area contributed by atoms with E-state index < -0.39 is 0 Å². The molecule has 3 heteroatoms. The number of rotatable bonds is 4. The number of nitrogens with one attached hydrogen (secondary N) is 1. The van der Waals surface area contributed by atoms with E-state index in [1.165, 1.54) is 16.3 Å². The van der Waals surface area contributed by atoms with Gasteiger partial charge in [-0.3, -0.25) is 9.78 Å². The molecule has 3 aromatic rings. The zero-order valence-corrected chi connectivity index (χ0v) is 11.6. The van der Waals surface area contributed by atoms with E-state index in [-0.39, 0.29) is 5.91 Å². The minimum absolute atomic E-state index is 0.0101. The molecule has 104 valence electrons. The van der Waals surface area contributed by atoms with Crippen LogP contribution >= 0.6 is 0 Å². The first-order chi connectivity index (χ1) is 10.3. The maximum absolute atomic E-state index is 12.0. The van der Waals surface area contributed by atoms with Crippen molar-refractivity contribution >= 4 is 22.4 Å². The maximum Gasteiger partial charge on any atom is 0.224 e. The first-order valence-corrected chi connectivity index (χ1v) is 6.99. The molecule has 0 fully saturated rings. The Bertz CT molecular complexity index is 748. The number of carbonyl (C=O) groups excluding carboxylic acids is 1. The van der Waals surface area contributed by atoms with Crippen molar-refractivity contribution in [3.05, 3.63) is 72.6 Å². The van der Waals surface area contributed by atoms with E-state index >= 15 is 0 Å². The molecular weight excluding hydrogens is 260 g/mol. The average Bonchev–Trinajstić information content (AvgIpc) is 2.54. The monoisotopic (exact) mass is 276 g/mol. The lowest BCUT2D eigenvalue weighted by molar-refractivity contribution is -0.116. The second-order valence-electron chi connectivity index (χ2n) is 4.93. The number of aromatic nitrogens is 1. The number of aryl methyl sites for hydroxylation is 1. The summed E-state index contributed by atoms with van der Waals surface area (Å²) in [6.07, 6.45) is 4.53. The molecular formula is C18H16N2O. The van der Waals surface area contributed by atoms with E-state index in [4.69, 9.17) is 0 Å². The first-order valence-electron chi connectivity index (χ1n) is 6.99. The van der Waals surface area contributed by atoms with Gasteiger partial charge in [0.15, 0.2) is 0 Å². The fourth-order valence-electron chi connectivity index (χ4n) is 2.42. The third-order valence-electron chi connectivity index (χ3n) is 3.45. The molecule has 0 atom stereocenters. The van der Waals surface area contributed by atoms with Crippen molar-refractivity contribution in [1.82, 2.24) is 4.98 Å². The summed E-state index contributed by atoms with van der Waals surface area (Å²) in [5.74, 6) is 0.0101. The lowest BCUT2D eigenvalue weighted by Crippen LogP contribution is -2.12. The van der Waals surface area contributed by atoms with E-state index in [0.29, 0.717) is 6.42 Å². The fraction of sp³-hybridized carbons (Fsp3) is 0.111. The summed E-state index contributed by atoms with van der Waals surface area (Å²) in [5.41, 5.74) is 1.94.